The lowest BCUT2D eigenvalue weighted by molar-refractivity contribution is 0.0697. The Balaban J connectivity index is 1.70. The van der Waals surface area contributed by atoms with Crippen molar-refractivity contribution in [1.82, 2.24) is 9.97 Å². The number of rotatable bonds is 7. The molecule has 7 heteroatoms. The molecule has 2 N–H and O–H groups in total. The van der Waals surface area contributed by atoms with Crippen molar-refractivity contribution in [3.8, 4) is 5.75 Å². The van der Waals surface area contributed by atoms with Crippen LogP contribution >= 0.6 is 11.8 Å². The van der Waals surface area contributed by atoms with E-state index in [-0.39, 0.29) is 11.1 Å². The molecule has 0 aliphatic heterocycles. The van der Waals surface area contributed by atoms with Gasteiger partial charge in [-0.25, -0.2) is 9.78 Å². The summed E-state index contributed by atoms with van der Waals surface area (Å²) in [6.07, 6.45) is 2.26. The number of hydrogen-bond acceptors (Lipinski definition) is 5. The standard InChI is InChI=1S/C14H14N2O4S/c17-12-6-7-15-14(16-12)21-9-1-8-20-11-4-2-10(3-5-11)13(18)19/h2-7H,1,8-9H2,(H,18,19)(H,15,16,17). The molecule has 0 fully saturated rings. The van der Waals surface area contributed by atoms with Crippen LogP contribution in [0.25, 0.3) is 0 Å². The molecule has 0 unspecified atom stereocenters. The number of carboxylic acid groups (broad SMARTS) is 1. The zero-order valence-electron chi connectivity index (χ0n) is 11.1. The minimum absolute atomic E-state index is 0.165. The maximum Gasteiger partial charge on any atom is 0.335 e. The average Bonchev–Trinajstić information content (AvgIpc) is 2.47. The fraction of sp³-hybridized carbons (Fsp3) is 0.214. The molecule has 110 valence electrons. The Bertz CT molecular complexity index is 655. The predicted molar refractivity (Wildman–Crippen MR) is 79.1 cm³/mol. The number of aromatic carboxylic acids is 1. The van der Waals surface area contributed by atoms with E-state index in [1.165, 1.54) is 36.2 Å². The predicted octanol–water partition coefficient (Wildman–Crippen LogP) is 2.03. The van der Waals surface area contributed by atoms with Gasteiger partial charge in [0.1, 0.15) is 5.75 Å². The summed E-state index contributed by atoms with van der Waals surface area (Å²) in [4.78, 5) is 28.4. The van der Waals surface area contributed by atoms with Crippen LogP contribution in [0.1, 0.15) is 16.8 Å². The lowest BCUT2D eigenvalue weighted by Crippen LogP contribution is -2.06. The van der Waals surface area contributed by atoms with Crippen LogP contribution in [0.2, 0.25) is 0 Å². The number of thioether (sulfide) groups is 1. The summed E-state index contributed by atoms with van der Waals surface area (Å²) < 4.78 is 5.50. The summed E-state index contributed by atoms with van der Waals surface area (Å²) >= 11 is 1.45. The molecule has 1 aromatic carbocycles. The monoisotopic (exact) mass is 306 g/mol. The second-order valence-electron chi connectivity index (χ2n) is 4.12. The number of aromatic amines is 1. The van der Waals surface area contributed by atoms with Crippen LogP contribution in [-0.2, 0) is 0 Å². The summed E-state index contributed by atoms with van der Waals surface area (Å²) in [6, 6.07) is 7.64. The first-order valence-electron chi connectivity index (χ1n) is 6.29. The lowest BCUT2D eigenvalue weighted by atomic mass is 10.2. The van der Waals surface area contributed by atoms with Crippen molar-refractivity contribution in [2.24, 2.45) is 0 Å². The topological polar surface area (TPSA) is 92.3 Å². The molecule has 2 aromatic rings. The van der Waals surface area contributed by atoms with E-state index in [2.05, 4.69) is 9.97 Å². The van der Waals surface area contributed by atoms with Gasteiger partial charge in [-0.2, -0.15) is 0 Å². The summed E-state index contributed by atoms with van der Waals surface area (Å²) in [5, 5.41) is 9.37. The van der Waals surface area contributed by atoms with Crippen molar-refractivity contribution < 1.29 is 14.6 Å². The fourth-order valence-corrected chi connectivity index (χ4v) is 2.30. The number of aromatic nitrogens is 2. The molecule has 1 aromatic heterocycles. The molecule has 1 heterocycles. The quantitative estimate of drug-likeness (QED) is 0.462. The molecular formula is C14H14N2O4S. The molecule has 0 saturated heterocycles. The van der Waals surface area contributed by atoms with E-state index >= 15 is 0 Å². The smallest absolute Gasteiger partial charge is 0.335 e. The fourth-order valence-electron chi connectivity index (χ4n) is 1.54. The molecule has 0 amide bonds. The highest BCUT2D eigenvalue weighted by Gasteiger charge is 2.02. The Morgan fingerprint density at radius 1 is 1.29 bits per heavy atom. The van der Waals surface area contributed by atoms with Crippen molar-refractivity contribution in [1.29, 1.82) is 0 Å². The number of hydrogen-bond donors (Lipinski definition) is 2. The molecular weight excluding hydrogens is 292 g/mol. The number of H-pyrrole nitrogens is 1. The Labute approximate surface area is 125 Å². The molecule has 21 heavy (non-hydrogen) atoms. The first kappa shape index (κ1) is 15.1. The van der Waals surface area contributed by atoms with Crippen molar-refractivity contribution in [3.05, 3.63) is 52.4 Å². The number of benzene rings is 1. The SMILES string of the molecule is O=C(O)c1ccc(OCCCSc2nccc(=O)[nH]2)cc1. The number of carboxylic acids is 1. The minimum atomic E-state index is -0.956. The lowest BCUT2D eigenvalue weighted by Gasteiger charge is -2.06. The van der Waals surface area contributed by atoms with Gasteiger partial charge in [0.05, 0.1) is 12.2 Å². The highest BCUT2D eigenvalue weighted by atomic mass is 32.2. The van der Waals surface area contributed by atoms with E-state index in [0.29, 0.717) is 17.5 Å². The van der Waals surface area contributed by atoms with Crippen molar-refractivity contribution >= 4 is 17.7 Å². The molecule has 0 spiro atoms. The molecule has 6 nitrogen and oxygen atoms in total. The molecule has 0 atom stereocenters. The van der Waals surface area contributed by atoms with Gasteiger partial charge in [-0.05, 0) is 30.7 Å². The van der Waals surface area contributed by atoms with Gasteiger partial charge < -0.3 is 14.8 Å². The molecule has 0 aliphatic carbocycles. The average molecular weight is 306 g/mol. The summed E-state index contributed by atoms with van der Waals surface area (Å²) in [7, 11) is 0. The van der Waals surface area contributed by atoms with Gasteiger partial charge in [-0.15, -0.1) is 0 Å². The zero-order valence-corrected chi connectivity index (χ0v) is 11.9. The van der Waals surface area contributed by atoms with E-state index in [4.69, 9.17) is 9.84 Å². The van der Waals surface area contributed by atoms with E-state index in [1.807, 2.05) is 0 Å². The highest BCUT2D eigenvalue weighted by molar-refractivity contribution is 7.99. The molecule has 2 rings (SSSR count). The minimum Gasteiger partial charge on any atom is -0.494 e. The van der Waals surface area contributed by atoms with E-state index in [1.54, 1.807) is 12.1 Å². The molecule has 0 aliphatic rings. The van der Waals surface area contributed by atoms with Gasteiger partial charge in [0.25, 0.3) is 5.56 Å². The van der Waals surface area contributed by atoms with Crippen LogP contribution in [0, 0.1) is 0 Å². The second-order valence-corrected chi connectivity index (χ2v) is 5.20. The van der Waals surface area contributed by atoms with Gasteiger partial charge in [0.2, 0.25) is 0 Å². The maximum atomic E-state index is 11.1. The van der Waals surface area contributed by atoms with Crippen LogP contribution < -0.4 is 10.3 Å². The Morgan fingerprint density at radius 3 is 2.71 bits per heavy atom. The maximum absolute atomic E-state index is 11.1. The van der Waals surface area contributed by atoms with Crippen LogP contribution in [0.5, 0.6) is 5.75 Å². The van der Waals surface area contributed by atoms with Gasteiger partial charge in [-0.1, -0.05) is 11.8 Å². The van der Waals surface area contributed by atoms with Crippen LogP contribution in [0.15, 0.2) is 46.5 Å². The van der Waals surface area contributed by atoms with Crippen LogP contribution in [0.4, 0.5) is 0 Å². The van der Waals surface area contributed by atoms with E-state index in [9.17, 15) is 9.59 Å². The first-order chi connectivity index (χ1) is 10.1. The third-order valence-electron chi connectivity index (χ3n) is 2.55. The van der Waals surface area contributed by atoms with E-state index < -0.39 is 5.97 Å². The molecule has 0 bridgehead atoms. The molecule has 0 saturated carbocycles. The number of nitrogens with one attached hydrogen (secondary N) is 1. The number of ether oxygens (including phenoxy) is 1. The summed E-state index contributed by atoms with van der Waals surface area (Å²) in [5.41, 5.74) is 0.0688. The van der Waals surface area contributed by atoms with Gasteiger partial charge in [0.15, 0.2) is 5.16 Å². The summed E-state index contributed by atoms with van der Waals surface area (Å²) in [5.74, 6) is 0.443. The zero-order chi connectivity index (χ0) is 15.1. The normalized spacial score (nSPS) is 10.3. The Hall–Kier alpha value is -2.28. The third kappa shape index (κ3) is 4.96. The van der Waals surface area contributed by atoms with Crippen molar-refractivity contribution in [3.63, 3.8) is 0 Å². The third-order valence-corrected chi connectivity index (χ3v) is 3.52. The van der Waals surface area contributed by atoms with Crippen molar-refractivity contribution in [2.45, 2.75) is 11.6 Å². The molecule has 0 radical (unpaired) electrons. The van der Waals surface area contributed by atoms with Gasteiger partial charge in [0, 0.05) is 18.0 Å². The second kappa shape index (κ2) is 7.49. The van der Waals surface area contributed by atoms with Gasteiger partial charge >= 0.3 is 5.97 Å². The van der Waals surface area contributed by atoms with Crippen LogP contribution in [-0.4, -0.2) is 33.4 Å². The highest BCUT2D eigenvalue weighted by Crippen LogP contribution is 2.14. The largest absolute Gasteiger partial charge is 0.494 e. The van der Waals surface area contributed by atoms with Crippen molar-refractivity contribution in [2.75, 3.05) is 12.4 Å². The van der Waals surface area contributed by atoms with Crippen LogP contribution in [0.3, 0.4) is 0 Å². The Morgan fingerprint density at radius 2 is 2.05 bits per heavy atom. The Kier molecular flexibility index (Phi) is 5.39. The van der Waals surface area contributed by atoms with Gasteiger partial charge in [-0.3, -0.25) is 4.79 Å². The first-order valence-corrected chi connectivity index (χ1v) is 7.28. The number of carbonyl (C=O) groups is 1. The number of nitrogens with zero attached hydrogens (tertiary/aromatic N) is 1. The van der Waals surface area contributed by atoms with E-state index in [0.717, 1.165) is 12.2 Å². The summed E-state index contributed by atoms with van der Waals surface area (Å²) in [6.45, 7) is 0.510.